The van der Waals surface area contributed by atoms with Crippen LogP contribution in [0.25, 0.3) is 0 Å². The molecule has 0 rings (SSSR count). The van der Waals surface area contributed by atoms with Crippen LogP contribution in [0, 0.1) is 0 Å². The summed E-state index contributed by atoms with van der Waals surface area (Å²) in [5.41, 5.74) is 0. The van der Waals surface area contributed by atoms with Crippen LogP contribution in [0.4, 0.5) is 0 Å². The molecule has 0 aromatic rings. The topological polar surface area (TPSA) is 66.8 Å². The van der Waals surface area contributed by atoms with Crippen LogP contribution >= 0.6 is 0 Å². The lowest BCUT2D eigenvalue weighted by atomic mass is 10.2. The van der Waals surface area contributed by atoms with Gasteiger partial charge in [0.2, 0.25) is 0 Å². The SMILES string of the molecule is CC(C)(C)[Si](C)(C)O[C@](C)(O)C(=O)O. The number of carboxylic acid groups (broad SMARTS) is 1. The highest BCUT2D eigenvalue weighted by Gasteiger charge is 2.45. The minimum absolute atomic E-state index is 0.119. The summed E-state index contributed by atoms with van der Waals surface area (Å²) < 4.78 is 5.35. The smallest absolute Gasteiger partial charge is 0.362 e. The second-order valence-electron chi connectivity index (χ2n) is 5.15. The van der Waals surface area contributed by atoms with Gasteiger partial charge in [-0.05, 0) is 18.1 Å². The lowest BCUT2D eigenvalue weighted by Crippen LogP contribution is -2.52. The van der Waals surface area contributed by atoms with Crippen LogP contribution in [0.2, 0.25) is 18.1 Å². The summed E-state index contributed by atoms with van der Waals surface area (Å²) in [5, 5.41) is 18.1. The van der Waals surface area contributed by atoms with Crippen LogP contribution in [-0.2, 0) is 9.22 Å². The molecule has 0 aliphatic rings. The second kappa shape index (κ2) is 3.64. The Balaban J connectivity index is 4.76. The first kappa shape index (κ1) is 13.6. The van der Waals surface area contributed by atoms with Crippen LogP contribution in [0.5, 0.6) is 0 Å². The molecule has 0 saturated heterocycles. The van der Waals surface area contributed by atoms with Crippen molar-refractivity contribution in [2.24, 2.45) is 0 Å². The lowest BCUT2D eigenvalue weighted by Gasteiger charge is -2.39. The third-order valence-corrected chi connectivity index (χ3v) is 7.18. The van der Waals surface area contributed by atoms with Crippen molar-refractivity contribution in [2.75, 3.05) is 0 Å². The Kier molecular flexibility index (Phi) is 3.54. The molecule has 0 saturated carbocycles. The van der Waals surface area contributed by atoms with Crippen molar-refractivity contribution >= 4 is 14.3 Å². The predicted molar refractivity (Wildman–Crippen MR) is 56.5 cm³/mol. The van der Waals surface area contributed by atoms with E-state index in [1.54, 1.807) is 0 Å². The maximum atomic E-state index is 10.7. The minimum atomic E-state index is -2.23. The normalized spacial score (nSPS) is 17.6. The van der Waals surface area contributed by atoms with Crippen molar-refractivity contribution in [3.05, 3.63) is 0 Å². The minimum Gasteiger partial charge on any atom is -0.477 e. The third-order valence-electron chi connectivity index (χ3n) is 2.66. The zero-order valence-corrected chi connectivity index (χ0v) is 10.7. The van der Waals surface area contributed by atoms with Gasteiger partial charge in [0, 0.05) is 6.92 Å². The van der Waals surface area contributed by atoms with Gasteiger partial charge in [0.05, 0.1) is 0 Å². The van der Waals surface area contributed by atoms with Crippen LogP contribution in [0.1, 0.15) is 27.7 Å². The maximum absolute atomic E-state index is 10.7. The standard InChI is InChI=1S/C9H20O4Si/c1-8(2,3)14(5,6)13-9(4,12)7(10)11/h12H,1-6H3,(H,10,11)/t9-/m0/s1. The molecule has 0 fully saturated rings. The summed E-state index contributed by atoms with van der Waals surface area (Å²) in [4.78, 5) is 10.7. The van der Waals surface area contributed by atoms with Gasteiger partial charge in [0.1, 0.15) is 0 Å². The number of carboxylic acids is 1. The molecule has 0 aromatic heterocycles. The molecule has 0 heterocycles. The number of aliphatic carboxylic acids is 1. The highest BCUT2D eigenvalue weighted by molar-refractivity contribution is 6.74. The van der Waals surface area contributed by atoms with Gasteiger partial charge in [-0.15, -0.1) is 0 Å². The van der Waals surface area contributed by atoms with Crippen molar-refractivity contribution in [1.82, 2.24) is 0 Å². The van der Waals surface area contributed by atoms with Gasteiger partial charge in [-0.3, -0.25) is 0 Å². The summed E-state index contributed by atoms with van der Waals surface area (Å²) in [7, 11) is -2.23. The fourth-order valence-electron chi connectivity index (χ4n) is 0.694. The highest BCUT2D eigenvalue weighted by Crippen LogP contribution is 2.38. The molecule has 4 nitrogen and oxygen atoms in total. The Bertz CT molecular complexity index is 227. The Morgan fingerprint density at radius 1 is 1.21 bits per heavy atom. The van der Waals surface area contributed by atoms with Gasteiger partial charge in [-0.1, -0.05) is 20.8 Å². The quantitative estimate of drug-likeness (QED) is 0.562. The molecular weight excluding hydrogens is 200 g/mol. The molecule has 0 radical (unpaired) electrons. The molecule has 0 bridgehead atoms. The highest BCUT2D eigenvalue weighted by atomic mass is 28.4. The predicted octanol–water partition coefficient (Wildman–Crippen LogP) is 1.80. The van der Waals surface area contributed by atoms with Gasteiger partial charge < -0.3 is 14.6 Å². The van der Waals surface area contributed by atoms with E-state index >= 15 is 0 Å². The zero-order chi connectivity index (χ0) is 11.8. The summed E-state index contributed by atoms with van der Waals surface area (Å²) in [5.74, 6) is -3.43. The zero-order valence-electron chi connectivity index (χ0n) is 9.71. The first-order chi connectivity index (χ1) is 5.90. The van der Waals surface area contributed by atoms with E-state index in [0.29, 0.717) is 0 Å². The average Bonchev–Trinajstić information content (AvgIpc) is 1.80. The van der Waals surface area contributed by atoms with Crippen molar-refractivity contribution in [2.45, 2.75) is 51.6 Å². The summed E-state index contributed by atoms with van der Waals surface area (Å²) in [6.45, 7) is 10.9. The molecular formula is C9H20O4Si. The van der Waals surface area contributed by atoms with E-state index in [1.165, 1.54) is 0 Å². The molecule has 2 N–H and O–H groups in total. The van der Waals surface area contributed by atoms with Gasteiger partial charge >= 0.3 is 5.97 Å². The van der Waals surface area contributed by atoms with Crippen molar-refractivity contribution in [3.8, 4) is 0 Å². The van der Waals surface area contributed by atoms with E-state index in [1.807, 2.05) is 33.9 Å². The number of hydrogen-bond donors (Lipinski definition) is 2. The first-order valence-electron chi connectivity index (χ1n) is 4.56. The maximum Gasteiger partial charge on any atom is 0.362 e. The van der Waals surface area contributed by atoms with Crippen molar-refractivity contribution in [3.63, 3.8) is 0 Å². The van der Waals surface area contributed by atoms with Gasteiger partial charge in [0.15, 0.2) is 8.32 Å². The molecule has 84 valence electrons. The number of aliphatic hydroxyl groups is 1. The summed E-state index contributed by atoms with van der Waals surface area (Å²) in [6, 6.07) is 0. The monoisotopic (exact) mass is 220 g/mol. The third kappa shape index (κ3) is 3.08. The number of rotatable bonds is 3. The Hall–Kier alpha value is -0.393. The number of carbonyl (C=O) groups is 1. The van der Waals surface area contributed by atoms with Crippen LogP contribution in [0.15, 0.2) is 0 Å². The van der Waals surface area contributed by atoms with Crippen molar-refractivity contribution in [1.29, 1.82) is 0 Å². The fourth-order valence-corrected chi connectivity index (χ4v) is 2.08. The first-order valence-corrected chi connectivity index (χ1v) is 7.47. The van der Waals surface area contributed by atoms with Gasteiger partial charge in [-0.25, -0.2) is 4.79 Å². The largest absolute Gasteiger partial charge is 0.477 e. The molecule has 0 amide bonds. The molecule has 0 aromatic carbocycles. The van der Waals surface area contributed by atoms with E-state index in [4.69, 9.17) is 9.53 Å². The summed E-state index contributed by atoms with van der Waals surface area (Å²) >= 11 is 0. The van der Waals surface area contributed by atoms with E-state index in [-0.39, 0.29) is 5.04 Å². The Labute approximate surface area is 86.0 Å². The molecule has 5 heteroatoms. The van der Waals surface area contributed by atoms with Crippen molar-refractivity contribution < 1.29 is 19.4 Å². The Morgan fingerprint density at radius 3 is 1.79 bits per heavy atom. The Morgan fingerprint density at radius 2 is 1.57 bits per heavy atom. The average molecular weight is 220 g/mol. The molecule has 1 atom stereocenters. The molecule has 14 heavy (non-hydrogen) atoms. The van der Waals surface area contributed by atoms with E-state index in [2.05, 4.69) is 0 Å². The molecule has 0 aliphatic heterocycles. The van der Waals surface area contributed by atoms with Gasteiger partial charge in [-0.2, -0.15) is 0 Å². The second-order valence-corrected chi connectivity index (χ2v) is 9.88. The number of hydrogen-bond acceptors (Lipinski definition) is 3. The van der Waals surface area contributed by atoms with E-state index in [9.17, 15) is 9.90 Å². The lowest BCUT2D eigenvalue weighted by molar-refractivity contribution is -0.191. The fraction of sp³-hybridized carbons (Fsp3) is 0.889. The van der Waals surface area contributed by atoms with E-state index < -0.39 is 20.1 Å². The molecule has 0 unspecified atom stereocenters. The molecule has 0 aliphatic carbocycles. The van der Waals surface area contributed by atoms with Crippen LogP contribution in [-0.4, -0.2) is 30.3 Å². The van der Waals surface area contributed by atoms with Crippen LogP contribution in [0.3, 0.4) is 0 Å². The summed E-state index contributed by atoms with van der Waals surface area (Å²) in [6.07, 6.45) is 0. The van der Waals surface area contributed by atoms with Gasteiger partial charge in [0.25, 0.3) is 5.79 Å². The van der Waals surface area contributed by atoms with Crippen LogP contribution < -0.4 is 0 Å². The van der Waals surface area contributed by atoms with E-state index in [0.717, 1.165) is 6.92 Å². The molecule has 0 spiro atoms.